The lowest BCUT2D eigenvalue weighted by Gasteiger charge is -2.11. The summed E-state index contributed by atoms with van der Waals surface area (Å²) >= 11 is 0. The van der Waals surface area contributed by atoms with Gasteiger partial charge in [-0.1, -0.05) is 39.3 Å². The highest BCUT2D eigenvalue weighted by atomic mass is 16.2. The van der Waals surface area contributed by atoms with Crippen molar-refractivity contribution in [1.82, 2.24) is 20.2 Å². The van der Waals surface area contributed by atoms with Crippen molar-refractivity contribution in [2.24, 2.45) is 5.92 Å². The first-order valence-corrected chi connectivity index (χ1v) is 8.51. The Bertz CT molecular complexity index is 706. The molecule has 130 valence electrons. The summed E-state index contributed by atoms with van der Waals surface area (Å²) in [4.78, 5) is 28.6. The van der Waals surface area contributed by atoms with E-state index < -0.39 is 0 Å². The fraction of sp³-hybridized carbons (Fsp3) is 0.500. The van der Waals surface area contributed by atoms with Gasteiger partial charge in [-0.25, -0.2) is 4.98 Å². The molecule has 2 N–H and O–H groups in total. The number of hydrogen-bond acceptors (Lipinski definition) is 3. The van der Waals surface area contributed by atoms with E-state index in [1.165, 1.54) is 0 Å². The second-order valence-corrected chi connectivity index (χ2v) is 6.18. The molecule has 1 heterocycles. The highest BCUT2D eigenvalue weighted by Crippen LogP contribution is 2.16. The van der Waals surface area contributed by atoms with E-state index in [4.69, 9.17) is 0 Å². The predicted octanol–water partition coefficient (Wildman–Crippen LogP) is 2.22. The van der Waals surface area contributed by atoms with E-state index in [1.807, 2.05) is 42.7 Å². The van der Waals surface area contributed by atoms with Gasteiger partial charge in [0.05, 0.1) is 17.6 Å². The maximum atomic E-state index is 12.2. The van der Waals surface area contributed by atoms with Gasteiger partial charge in [-0.3, -0.25) is 9.59 Å². The molecule has 0 aliphatic carbocycles. The van der Waals surface area contributed by atoms with Crippen LogP contribution in [-0.2, 0) is 22.7 Å². The van der Waals surface area contributed by atoms with Gasteiger partial charge in [-0.05, 0) is 18.6 Å². The molecule has 2 rings (SSSR count). The molecule has 2 aromatic rings. The number of imidazole rings is 1. The maximum absolute atomic E-state index is 12.2. The number of nitrogens with zero attached hydrogens (tertiary/aromatic N) is 2. The Labute approximate surface area is 142 Å². The second kappa shape index (κ2) is 8.47. The van der Waals surface area contributed by atoms with Crippen molar-refractivity contribution in [2.75, 3.05) is 6.54 Å². The van der Waals surface area contributed by atoms with Crippen molar-refractivity contribution < 1.29 is 9.59 Å². The number of fused-ring (bicyclic) bond motifs is 1. The predicted molar refractivity (Wildman–Crippen MR) is 94.3 cm³/mol. The standard InChI is InChI=1S/C18H26N4O2/c1-4-5-10-19-17(23)12-22-15-9-7-6-8-14(15)21-16(22)11-20-18(24)13(2)3/h6-9,13H,4-5,10-12H2,1-3H3,(H,19,23)(H,20,24). The number of para-hydroxylation sites is 2. The number of nitrogens with one attached hydrogen (secondary N) is 2. The first-order chi connectivity index (χ1) is 11.5. The average Bonchev–Trinajstić information content (AvgIpc) is 2.90. The molecule has 24 heavy (non-hydrogen) atoms. The van der Waals surface area contributed by atoms with Gasteiger partial charge in [0.1, 0.15) is 12.4 Å². The van der Waals surface area contributed by atoms with Crippen LogP contribution in [0.15, 0.2) is 24.3 Å². The van der Waals surface area contributed by atoms with Crippen LogP contribution in [0.25, 0.3) is 11.0 Å². The molecule has 0 saturated carbocycles. The molecule has 0 saturated heterocycles. The minimum atomic E-state index is -0.0832. The number of carbonyl (C=O) groups excluding carboxylic acids is 2. The zero-order valence-electron chi connectivity index (χ0n) is 14.6. The Morgan fingerprint density at radius 3 is 2.67 bits per heavy atom. The van der Waals surface area contributed by atoms with Crippen LogP contribution in [0.3, 0.4) is 0 Å². The number of rotatable bonds is 8. The number of aromatic nitrogens is 2. The first-order valence-electron chi connectivity index (χ1n) is 8.51. The monoisotopic (exact) mass is 330 g/mol. The molecule has 1 aromatic heterocycles. The summed E-state index contributed by atoms with van der Waals surface area (Å²) < 4.78 is 1.87. The third-order valence-corrected chi connectivity index (χ3v) is 3.83. The number of amides is 2. The van der Waals surface area contributed by atoms with E-state index in [0.29, 0.717) is 18.9 Å². The van der Waals surface area contributed by atoms with E-state index in [1.54, 1.807) is 0 Å². The van der Waals surface area contributed by atoms with E-state index in [9.17, 15) is 9.59 Å². The topological polar surface area (TPSA) is 76.0 Å². The lowest BCUT2D eigenvalue weighted by molar-refractivity contribution is -0.124. The SMILES string of the molecule is CCCCNC(=O)Cn1c(CNC(=O)C(C)C)nc2ccccc21. The molecule has 6 heteroatoms. The Kier molecular flexibility index (Phi) is 6.35. The summed E-state index contributed by atoms with van der Waals surface area (Å²) in [6.07, 6.45) is 2.01. The minimum absolute atomic E-state index is 0.0268. The van der Waals surface area contributed by atoms with Gasteiger partial charge < -0.3 is 15.2 Å². The molecular formula is C18H26N4O2. The van der Waals surface area contributed by atoms with Crippen LogP contribution in [0.4, 0.5) is 0 Å². The highest BCUT2D eigenvalue weighted by molar-refractivity contribution is 5.81. The van der Waals surface area contributed by atoms with Crippen LogP contribution in [0.1, 0.15) is 39.4 Å². The molecule has 0 fully saturated rings. The molecule has 1 aromatic carbocycles. The second-order valence-electron chi connectivity index (χ2n) is 6.18. The van der Waals surface area contributed by atoms with E-state index in [-0.39, 0.29) is 24.3 Å². The van der Waals surface area contributed by atoms with Crippen LogP contribution >= 0.6 is 0 Å². The summed E-state index contributed by atoms with van der Waals surface area (Å²) in [6.45, 7) is 6.98. The summed E-state index contributed by atoms with van der Waals surface area (Å²) in [7, 11) is 0. The Morgan fingerprint density at radius 1 is 1.21 bits per heavy atom. The number of unbranched alkanes of at least 4 members (excludes halogenated alkanes) is 1. The fourth-order valence-corrected chi connectivity index (χ4v) is 2.41. The fourth-order valence-electron chi connectivity index (χ4n) is 2.41. The number of carbonyl (C=O) groups is 2. The van der Waals surface area contributed by atoms with Crippen LogP contribution in [0.5, 0.6) is 0 Å². The lowest BCUT2D eigenvalue weighted by Crippen LogP contribution is -2.31. The van der Waals surface area contributed by atoms with Crippen LogP contribution < -0.4 is 10.6 Å². The first kappa shape index (κ1) is 18.0. The lowest BCUT2D eigenvalue weighted by atomic mass is 10.2. The van der Waals surface area contributed by atoms with Gasteiger partial charge in [-0.2, -0.15) is 0 Å². The normalized spacial score (nSPS) is 11.0. The Balaban J connectivity index is 2.17. The molecule has 0 bridgehead atoms. The Morgan fingerprint density at radius 2 is 1.96 bits per heavy atom. The number of benzene rings is 1. The summed E-state index contributed by atoms with van der Waals surface area (Å²) in [5.41, 5.74) is 1.73. The molecule has 6 nitrogen and oxygen atoms in total. The van der Waals surface area contributed by atoms with Gasteiger partial charge >= 0.3 is 0 Å². The largest absolute Gasteiger partial charge is 0.355 e. The quantitative estimate of drug-likeness (QED) is 0.729. The van der Waals surface area contributed by atoms with Gasteiger partial charge in [-0.15, -0.1) is 0 Å². The van der Waals surface area contributed by atoms with Crippen molar-refractivity contribution in [1.29, 1.82) is 0 Å². The zero-order chi connectivity index (χ0) is 17.5. The molecule has 0 atom stereocenters. The van der Waals surface area contributed by atoms with Crippen molar-refractivity contribution >= 4 is 22.8 Å². The summed E-state index contributed by atoms with van der Waals surface area (Å²) in [5.74, 6) is 0.542. The summed E-state index contributed by atoms with van der Waals surface area (Å²) in [6, 6.07) is 7.69. The molecule has 2 amide bonds. The third-order valence-electron chi connectivity index (χ3n) is 3.83. The molecule has 0 aliphatic heterocycles. The van der Waals surface area contributed by atoms with Gasteiger partial charge in [0, 0.05) is 12.5 Å². The highest BCUT2D eigenvalue weighted by Gasteiger charge is 2.15. The average molecular weight is 330 g/mol. The Hall–Kier alpha value is -2.37. The molecule has 0 aliphatic rings. The van der Waals surface area contributed by atoms with E-state index in [0.717, 1.165) is 23.9 Å². The van der Waals surface area contributed by atoms with Crippen LogP contribution in [-0.4, -0.2) is 27.9 Å². The maximum Gasteiger partial charge on any atom is 0.240 e. The third kappa shape index (κ3) is 4.57. The van der Waals surface area contributed by atoms with Crippen molar-refractivity contribution in [3.05, 3.63) is 30.1 Å². The molecule has 0 spiro atoms. The van der Waals surface area contributed by atoms with Crippen molar-refractivity contribution in [3.63, 3.8) is 0 Å². The van der Waals surface area contributed by atoms with Crippen molar-refractivity contribution in [2.45, 2.75) is 46.7 Å². The molecule has 0 unspecified atom stereocenters. The summed E-state index contributed by atoms with van der Waals surface area (Å²) in [5, 5.41) is 5.79. The van der Waals surface area contributed by atoms with Crippen molar-refractivity contribution in [3.8, 4) is 0 Å². The van der Waals surface area contributed by atoms with Crippen LogP contribution in [0.2, 0.25) is 0 Å². The van der Waals surface area contributed by atoms with Gasteiger partial charge in [0.2, 0.25) is 11.8 Å². The van der Waals surface area contributed by atoms with Crippen LogP contribution in [0, 0.1) is 5.92 Å². The van der Waals surface area contributed by atoms with Gasteiger partial charge in [0.15, 0.2) is 0 Å². The molecular weight excluding hydrogens is 304 g/mol. The van der Waals surface area contributed by atoms with E-state index in [2.05, 4.69) is 22.5 Å². The minimum Gasteiger partial charge on any atom is -0.355 e. The zero-order valence-corrected chi connectivity index (χ0v) is 14.6. The smallest absolute Gasteiger partial charge is 0.240 e. The molecule has 0 radical (unpaired) electrons. The van der Waals surface area contributed by atoms with Gasteiger partial charge in [0.25, 0.3) is 0 Å². The van der Waals surface area contributed by atoms with E-state index >= 15 is 0 Å². The number of hydrogen-bond donors (Lipinski definition) is 2.